The molecule has 1 fully saturated rings. The van der Waals surface area contributed by atoms with Gasteiger partial charge in [-0.15, -0.1) is 0 Å². The molecule has 0 aliphatic carbocycles. The standard InChI is InChI=1S/C16H18ClN3S/c17-14-11-15(20-9-5-2-6-10-20)19-16(18-14)21-12-13-7-3-1-4-8-13/h1,3-4,7-8,11H,2,5-6,9-10,12H2. The summed E-state index contributed by atoms with van der Waals surface area (Å²) in [5.74, 6) is 1.82. The Morgan fingerprint density at radius 2 is 1.81 bits per heavy atom. The summed E-state index contributed by atoms with van der Waals surface area (Å²) in [7, 11) is 0. The molecule has 1 aliphatic heterocycles. The van der Waals surface area contributed by atoms with Gasteiger partial charge in [0.25, 0.3) is 0 Å². The summed E-state index contributed by atoms with van der Waals surface area (Å²) in [6.07, 6.45) is 3.77. The summed E-state index contributed by atoms with van der Waals surface area (Å²) in [5.41, 5.74) is 1.27. The first-order valence-corrected chi connectivity index (χ1v) is 8.64. The maximum atomic E-state index is 6.16. The second-order valence-corrected chi connectivity index (χ2v) is 6.48. The zero-order valence-corrected chi connectivity index (χ0v) is 13.4. The molecule has 5 heteroatoms. The summed E-state index contributed by atoms with van der Waals surface area (Å²) in [5, 5.41) is 1.29. The average Bonchev–Trinajstić information content (AvgIpc) is 2.54. The van der Waals surface area contributed by atoms with Crippen molar-refractivity contribution in [3.63, 3.8) is 0 Å². The molecule has 1 saturated heterocycles. The van der Waals surface area contributed by atoms with Crippen molar-refractivity contribution in [2.45, 2.75) is 30.2 Å². The quantitative estimate of drug-likeness (QED) is 0.474. The molecule has 2 heterocycles. The van der Waals surface area contributed by atoms with E-state index in [1.165, 1.54) is 24.8 Å². The van der Waals surface area contributed by atoms with Crippen LogP contribution in [-0.2, 0) is 5.75 Å². The Hall–Kier alpha value is -1.26. The summed E-state index contributed by atoms with van der Waals surface area (Å²) in [4.78, 5) is 11.3. The normalized spacial score (nSPS) is 15.2. The van der Waals surface area contributed by atoms with Gasteiger partial charge in [0.2, 0.25) is 0 Å². The number of rotatable bonds is 4. The highest BCUT2D eigenvalue weighted by Gasteiger charge is 2.14. The molecule has 3 nitrogen and oxygen atoms in total. The van der Waals surface area contributed by atoms with Crippen molar-refractivity contribution in [1.29, 1.82) is 0 Å². The Kier molecular flexibility index (Phi) is 4.99. The Morgan fingerprint density at radius 1 is 1.05 bits per heavy atom. The first-order valence-electron chi connectivity index (χ1n) is 7.27. The molecule has 1 aromatic carbocycles. The van der Waals surface area contributed by atoms with Crippen LogP contribution in [0.25, 0.3) is 0 Å². The van der Waals surface area contributed by atoms with Crippen molar-refractivity contribution in [2.24, 2.45) is 0 Å². The van der Waals surface area contributed by atoms with Crippen molar-refractivity contribution in [2.75, 3.05) is 18.0 Å². The van der Waals surface area contributed by atoms with E-state index in [9.17, 15) is 0 Å². The molecule has 0 radical (unpaired) electrons. The number of hydrogen-bond donors (Lipinski definition) is 0. The minimum absolute atomic E-state index is 0.529. The van der Waals surface area contributed by atoms with E-state index in [1.807, 2.05) is 24.3 Å². The van der Waals surface area contributed by atoms with Crippen LogP contribution in [0, 0.1) is 0 Å². The number of benzene rings is 1. The van der Waals surface area contributed by atoms with Crippen LogP contribution in [0.15, 0.2) is 41.6 Å². The van der Waals surface area contributed by atoms with Crippen molar-refractivity contribution in [3.05, 3.63) is 47.1 Å². The fourth-order valence-corrected chi connectivity index (χ4v) is 3.49. The molecule has 3 rings (SSSR count). The zero-order chi connectivity index (χ0) is 14.5. The van der Waals surface area contributed by atoms with Crippen LogP contribution < -0.4 is 4.90 Å². The molecule has 0 unspecified atom stereocenters. The predicted molar refractivity (Wildman–Crippen MR) is 89.1 cm³/mol. The minimum Gasteiger partial charge on any atom is -0.356 e. The van der Waals surface area contributed by atoms with Gasteiger partial charge in [0.05, 0.1) is 0 Å². The van der Waals surface area contributed by atoms with Crippen LogP contribution in [0.2, 0.25) is 5.15 Å². The number of hydrogen-bond acceptors (Lipinski definition) is 4. The molecule has 0 N–H and O–H groups in total. The molecule has 0 spiro atoms. The van der Waals surface area contributed by atoms with E-state index >= 15 is 0 Å². The highest BCUT2D eigenvalue weighted by molar-refractivity contribution is 7.98. The zero-order valence-electron chi connectivity index (χ0n) is 11.8. The molecule has 0 amide bonds. The van der Waals surface area contributed by atoms with Gasteiger partial charge in [0.15, 0.2) is 5.16 Å². The third-order valence-electron chi connectivity index (χ3n) is 3.55. The Labute approximate surface area is 134 Å². The number of nitrogens with zero attached hydrogens (tertiary/aromatic N) is 3. The van der Waals surface area contributed by atoms with E-state index < -0.39 is 0 Å². The predicted octanol–water partition coefficient (Wildman–Crippen LogP) is 4.41. The summed E-state index contributed by atoms with van der Waals surface area (Å²) in [6.45, 7) is 2.13. The summed E-state index contributed by atoms with van der Waals surface area (Å²) >= 11 is 7.79. The maximum Gasteiger partial charge on any atom is 0.191 e. The van der Waals surface area contributed by atoms with Gasteiger partial charge in [0, 0.05) is 24.9 Å². The van der Waals surface area contributed by atoms with E-state index in [1.54, 1.807) is 11.8 Å². The lowest BCUT2D eigenvalue weighted by atomic mass is 10.1. The molecular formula is C16H18ClN3S. The molecule has 110 valence electrons. The van der Waals surface area contributed by atoms with Crippen LogP contribution in [-0.4, -0.2) is 23.1 Å². The van der Waals surface area contributed by atoms with Crippen LogP contribution in [0.3, 0.4) is 0 Å². The SMILES string of the molecule is Clc1cc(N2CCCCC2)nc(SCc2ccccc2)n1. The van der Waals surface area contributed by atoms with E-state index in [0.717, 1.165) is 29.8 Å². The highest BCUT2D eigenvalue weighted by Crippen LogP contribution is 2.26. The van der Waals surface area contributed by atoms with Crippen LogP contribution in [0.5, 0.6) is 0 Å². The molecule has 2 aromatic rings. The first-order chi connectivity index (χ1) is 10.3. The van der Waals surface area contributed by atoms with E-state index in [2.05, 4.69) is 27.0 Å². The largest absolute Gasteiger partial charge is 0.356 e. The topological polar surface area (TPSA) is 29.0 Å². The van der Waals surface area contributed by atoms with E-state index in [-0.39, 0.29) is 0 Å². The Balaban J connectivity index is 1.71. The van der Waals surface area contributed by atoms with Gasteiger partial charge < -0.3 is 4.90 Å². The third-order valence-corrected chi connectivity index (χ3v) is 4.66. The van der Waals surface area contributed by atoms with Gasteiger partial charge in [-0.05, 0) is 24.8 Å². The van der Waals surface area contributed by atoms with Gasteiger partial charge in [-0.2, -0.15) is 0 Å². The van der Waals surface area contributed by atoms with Gasteiger partial charge in [-0.3, -0.25) is 0 Å². The Morgan fingerprint density at radius 3 is 2.57 bits per heavy atom. The van der Waals surface area contributed by atoms with Crippen LogP contribution >= 0.6 is 23.4 Å². The first kappa shape index (κ1) is 14.7. The molecule has 0 bridgehead atoms. The lowest BCUT2D eigenvalue weighted by Gasteiger charge is -2.27. The van der Waals surface area contributed by atoms with Crippen LogP contribution in [0.1, 0.15) is 24.8 Å². The van der Waals surface area contributed by atoms with Gasteiger partial charge in [-0.1, -0.05) is 53.7 Å². The maximum absolute atomic E-state index is 6.16. The highest BCUT2D eigenvalue weighted by atomic mass is 35.5. The summed E-state index contributed by atoms with van der Waals surface area (Å²) < 4.78 is 0. The van der Waals surface area contributed by atoms with Crippen molar-refractivity contribution >= 4 is 29.2 Å². The molecule has 0 saturated carbocycles. The van der Waals surface area contributed by atoms with E-state index in [4.69, 9.17) is 11.6 Å². The van der Waals surface area contributed by atoms with Crippen LogP contribution in [0.4, 0.5) is 5.82 Å². The number of thioether (sulfide) groups is 1. The van der Waals surface area contributed by atoms with E-state index in [0.29, 0.717) is 5.15 Å². The van der Waals surface area contributed by atoms with Gasteiger partial charge in [0.1, 0.15) is 11.0 Å². The summed E-state index contributed by atoms with van der Waals surface area (Å²) in [6, 6.07) is 12.2. The number of piperidine rings is 1. The second kappa shape index (κ2) is 7.14. The molecular weight excluding hydrogens is 302 g/mol. The van der Waals surface area contributed by atoms with Crippen molar-refractivity contribution < 1.29 is 0 Å². The molecule has 21 heavy (non-hydrogen) atoms. The average molecular weight is 320 g/mol. The van der Waals surface area contributed by atoms with Gasteiger partial charge >= 0.3 is 0 Å². The minimum atomic E-state index is 0.529. The number of halogens is 1. The van der Waals surface area contributed by atoms with Gasteiger partial charge in [-0.25, -0.2) is 9.97 Å². The lowest BCUT2D eigenvalue weighted by molar-refractivity contribution is 0.571. The number of aromatic nitrogens is 2. The van der Waals surface area contributed by atoms with Crippen molar-refractivity contribution in [3.8, 4) is 0 Å². The monoisotopic (exact) mass is 319 g/mol. The third kappa shape index (κ3) is 4.11. The number of anilines is 1. The Bertz CT molecular complexity index is 585. The fraction of sp³-hybridized carbons (Fsp3) is 0.375. The smallest absolute Gasteiger partial charge is 0.191 e. The molecule has 1 aromatic heterocycles. The molecule has 0 atom stereocenters. The molecule has 1 aliphatic rings. The van der Waals surface area contributed by atoms with Crippen molar-refractivity contribution in [1.82, 2.24) is 9.97 Å². The lowest BCUT2D eigenvalue weighted by Crippen LogP contribution is -2.30. The second-order valence-electron chi connectivity index (χ2n) is 5.15. The fourth-order valence-electron chi connectivity index (χ4n) is 2.46.